The van der Waals surface area contributed by atoms with Crippen molar-refractivity contribution < 1.29 is 4.79 Å². The summed E-state index contributed by atoms with van der Waals surface area (Å²) in [5, 5.41) is 2.66. The Morgan fingerprint density at radius 2 is 2.27 bits per heavy atom. The van der Waals surface area contributed by atoms with Crippen LogP contribution >= 0.6 is 0 Å². The fourth-order valence-corrected chi connectivity index (χ4v) is 1.19. The molecule has 3 heteroatoms. The van der Waals surface area contributed by atoms with Crippen molar-refractivity contribution in [3.63, 3.8) is 0 Å². The maximum absolute atomic E-state index is 11.7. The van der Waals surface area contributed by atoms with Crippen molar-refractivity contribution >= 4 is 11.6 Å². The molecule has 0 aliphatic rings. The van der Waals surface area contributed by atoms with Gasteiger partial charge in [-0.25, -0.2) is 0 Å². The van der Waals surface area contributed by atoms with Gasteiger partial charge in [0.05, 0.1) is 11.6 Å². The van der Waals surface area contributed by atoms with Crippen LogP contribution in [0.5, 0.6) is 0 Å². The average molecular weight is 202 g/mol. The summed E-state index contributed by atoms with van der Waals surface area (Å²) in [6, 6.07) is 5.04. The van der Waals surface area contributed by atoms with Gasteiger partial charge in [-0.15, -0.1) is 6.42 Å². The van der Waals surface area contributed by atoms with Gasteiger partial charge in [0.25, 0.3) is 5.91 Å². The zero-order chi connectivity index (χ0) is 11.4. The van der Waals surface area contributed by atoms with E-state index in [1.54, 1.807) is 19.1 Å². The Bertz CT molecular complexity index is 418. The standard InChI is InChI=1S/C12H14N2O/c1-4-9(3)14-12(15)10-7-5-6-8(2)11(10)13/h1,5-7,9H,13H2,2-3H3,(H,14,15). The van der Waals surface area contributed by atoms with Crippen LogP contribution in [0.1, 0.15) is 22.8 Å². The van der Waals surface area contributed by atoms with Gasteiger partial charge in [-0.2, -0.15) is 0 Å². The van der Waals surface area contributed by atoms with Crippen molar-refractivity contribution in [1.29, 1.82) is 0 Å². The van der Waals surface area contributed by atoms with E-state index in [1.807, 2.05) is 13.0 Å². The third-order valence-electron chi connectivity index (χ3n) is 2.17. The molecule has 3 N–H and O–H groups in total. The van der Waals surface area contributed by atoms with Gasteiger partial charge in [-0.3, -0.25) is 4.79 Å². The lowest BCUT2D eigenvalue weighted by Gasteiger charge is -2.10. The summed E-state index contributed by atoms with van der Waals surface area (Å²) in [6.45, 7) is 3.60. The second-order valence-electron chi connectivity index (χ2n) is 3.40. The Hall–Kier alpha value is -1.95. The lowest BCUT2D eigenvalue weighted by atomic mass is 10.1. The molecule has 78 valence electrons. The zero-order valence-corrected chi connectivity index (χ0v) is 8.87. The van der Waals surface area contributed by atoms with Crippen LogP contribution < -0.4 is 11.1 Å². The first-order valence-electron chi connectivity index (χ1n) is 4.68. The third kappa shape index (κ3) is 2.50. The van der Waals surface area contributed by atoms with Gasteiger partial charge < -0.3 is 11.1 Å². The second kappa shape index (κ2) is 4.52. The molecule has 3 nitrogen and oxygen atoms in total. The smallest absolute Gasteiger partial charge is 0.254 e. The SMILES string of the molecule is C#CC(C)NC(=O)c1cccc(C)c1N. The molecule has 0 heterocycles. The summed E-state index contributed by atoms with van der Waals surface area (Å²) in [5.74, 6) is 2.19. The minimum absolute atomic E-state index is 0.235. The third-order valence-corrected chi connectivity index (χ3v) is 2.17. The highest BCUT2D eigenvalue weighted by atomic mass is 16.1. The van der Waals surface area contributed by atoms with Gasteiger partial charge in [0.2, 0.25) is 0 Å². The van der Waals surface area contributed by atoms with Crippen LogP contribution in [0.3, 0.4) is 0 Å². The monoisotopic (exact) mass is 202 g/mol. The van der Waals surface area contributed by atoms with E-state index in [-0.39, 0.29) is 11.9 Å². The fraction of sp³-hybridized carbons (Fsp3) is 0.250. The minimum Gasteiger partial charge on any atom is -0.398 e. The number of nitrogens with one attached hydrogen (secondary N) is 1. The lowest BCUT2D eigenvalue weighted by molar-refractivity contribution is 0.0949. The molecule has 1 unspecified atom stereocenters. The number of amides is 1. The van der Waals surface area contributed by atoms with Gasteiger partial charge in [-0.1, -0.05) is 18.1 Å². The van der Waals surface area contributed by atoms with Crippen molar-refractivity contribution in [2.75, 3.05) is 5.73 Å². The van der Waals surface area contributed by atoms with Crippen molar-refractivity contribution in [1.82, 2.24) is 5.32 Å². The molecule has 0 aliphatic carbocycles. The van der Waals surface area contributed by atoms with Crippen LogP contribution in [0.2, 0.25) is 0 Å². The first-order chi connectivity index (χ1) is 7.06. The van der Waals surface area contributed by atoms with E-state index in [9.17, 15) is 4.79 Å². The Kier molecular flexibility index (Phi) is 3.35. The topological polar surface area (TPSA) is 55.1 Å². The Balaban J connectivity index is 2.93. The van der Waals surface area contributed by atoms with E-state index < -0.39 is 0 Å². The molecule has 0 saturated heterocycles. The highest BCUT2D eigenvalue weighted by molar-refractivity contribution is 6.00. The summed E-state index contributed by atoms with van der Waals surface area (Å²) in [6.07, 6.45) is 5.17. The van der Waals surface area contributed by atoms with Crippen LogP contribution in [-0.4, -0.2) is 11.9 Å². The summed E-state index contributed by atoms with van der Waals surface area (Å²) in [4.78, 5) is 11.7. The molecule has 0 bridgehead atoms. The predicted molar refractivity (Wildman–Crippen MR) is 61.4 cm³/mol. The number of benzene rings is 1. The number of carbonyl (C=O) groups is 1. The summed E-state index contributed by atoms with van der Waals surface area (Å²) < 4.78 is 0. The quantitative estimate of drug-likeness (QED) is 0.561. The number of carbonyl (C=O) groups excluding carboxylic acids is 1. The lowest BCUT2D eigenvalue weighted by Crippen LogP contribution is -2.31. The van der Waals surface area contributed by atoms with Crippen molar-refractivity contribution in [3.8, 4) is 12.3 Å². The van der Waals surface area contributed by atoms with Gasteiger partial charge in [0, 0.05) is 5.69 Å². The molecule has 0 radical (unpaired) electrons. The van der Waals surface area contributed by atoms with Crippen LogP contribution in [0, 0.1) is 19.3 Å². The van der Waals surface area contributed by atoms with Gasteiger partial charge in [0.15, 0.2) is 0 Å². The van der Waals surface area contributed by atoms with E-state index in [4.69, 9.17) is 12.2 Å². The van der Waals surface area contributed by atoms with Crippen molar-refractivity contribution in [2.24, 2.45) is 0 Å². The van der Waals surface area contributed by atoms with E-state index in [0.717, 1.165) is 5.56 Å². The van der Waals surface area contributed by atoms with E-state index in [2.05, 4.69) is 11.2 Å². The molecule has 0 saturated carbocycles. The maximum Gasteiger partial charge on any atom is 0.254 e. The fourth-order valence-electron chi connectivity index (χ4n) is 1.19. The molecule has 1 aromatic carbocycles. The molecule has 1 rings (SSSR count). The number of hydrogen-bond donors (Lipinski definition) is 2. The van der Waals surface area contributed by atoms with E-state index >= 15 is 0 Å². The maximum atomic E-state index is 11.7. The van der Waals surface area contributed by atoms with E-state index in [1.165, 1.54) is 0 Å². The average Bonchev–Trinajstić information content (AvgIpc) is 2.21. The number of anilines is 1. The number of rotatable bonds is 2. The molecule has 0 aliphatic heterocycles. The summed E-state index contributed by atoms with van der Waals surface area (Å²) >= 11 is 0. The summed E-state index contributed by atoms with van der Waals surface area (Å²) in [5.41, 5.74) is 7.64. The number of terminal acetylenes is 1. The number of aryl methyl sites for hydroxylation is 1. The molecule has 1 aromatic rings. The van der Waals surface area contributed by atoms with Crippen LogP contribution in [-0.2, 0) is 0 Å². The normalized spacial score (nSPS) is 11.5. The Morgan fingerprint density at radius 1 is 1.60 bits per heavy atom. The minimum atomic E-state index is -0.294. The number of para-hydroxylation sites is 1. The molecule has 0 aromatic heterocycles. The number of nitrogens with two attached hydrogens (primary N) is 1. The summed E-state index contributed by atoms with van der Waals surface area (Å²) in [7, 11) is 0. The molecule has 1 amide bonds. The number of hydrogen-bond acceptors (Lipinski definition) is 2. The second-order valence-corrected chi connectivity index (χ2v) is 3.40. The molecule has 1 atom stereocenters. The Morgan fingerprint density at radius 3 is 2.87 bits per heavy atom. The van der Waals surface area contributed by atoms with Crippen LogP contribution in [0.4, 0.5) is 5.69 Å². The van der Waals surface area contributed by atoms with Crippen LogP contribution in [0.25, 0.3) is 0 Å². The molecule has 15 heavy (non-hydrogen) atoms. The molecular formula is C12H14N2O. The van der Waals surface area contributed by atoms with Gasteiger partial charge in [-0.05, 0) is 25.5 Å². The predicted octanol–water partition coefficient (Wildman–Crippen LogP) is 1.33. The highest BCUT2D eigenvalue weighted by Crippen LogP contribution is 2.16. The first kappa shape index (κ1) is 11.1. The highest BCUT2D eigenvalue weighted by Gasteiger charge is 2.11. The van der Waals surface area contributed by atoms with Crippen molar-refractivity contribution in [3.05, 3.63) is 29.3 Å². The van der Waals surface area contributed by atoms with Gasteiger partial charge >= 0.3 is 0 Å². The van der Waals surface area contributed by atoms with E-state index in [0.29, 0.717) is 11.3 Å². The van der Waals surface area contributed by atoms with Gasteiger partial charge in [0.1, 0.15) is 0 Å². The zero-order valence-electron chi connectivity index (χ0n) is 8.87. The molecular weight excluding hydrogens is 188 g/mol. The number of nitrogen functional groups attached to an aromatic ring is 1. The van der Waals surface area contributed by atoms with Crippen molar-refractivity contribution in [2.45, 2.75) is 19.9 Å². The first-order valence-corrected chi connectivity index (χ1v) is 4.68. The molecule has 0 fully saturated rings. The van der Waals surface area contributed by atoms with Crippen LogP contribution in [0.15, 0.2) is 18.2 Å². The Labute approximate surface area is 89.7 Å². The molecule has 0 spiro atoms. The largest absolute Gasteiger partial charge is 0.398 e.